The second-order valence-electron chi connectivity index (χ2n) is 22.7. The van der Waals surface area contributed by atoms with Crippen molar-refractivity contribution in [1.82, 2.24) is 10.6 Å². The summed E-state index contributed by atoms with van der Waals surface area (Å²) in [5.41, 5.74) is 0. The molecule has 0 aromatic carbocycles. The van der Waals surface area contributed by atoms with Crippen molar-refractivity contribution in [2.24, 2.45) is 0 Å². The summed E-state index contributed by atoms with van der Waals surface area (Å²) in [6.45, 7) is -2.03. The highest BCUT2D eigenvalue weighted by atomic mass is 16.8. The fourth-order valence-corrected chi connectivity index (χ4v) is 10.8. The lowest BCUT2D eigenvalue weighted by Crippen LogP contribution is -2.70. The Bertz CT molecular complexity index is 1850. The molecule has 3 aliphatic rings. The average molecular weight is 1180 g/mol. The van der Waals surface area contributed by atoms with Gasteiger partial charge in [-0.05, 0) is 19.3 Å². The average Bonchev–Trinajstić information content (AvgIpc) is 1.89. The molecule has 0 radical (unpaired) electrons. The Morgan fingerprint density at radius 1 is 0.671 bits per heavy atom. The number of carboxylic acids is 1. The van der Waals surface area contributed by atoms with Crippen molar-refractivity contribution in [1.29, 1.82) is 0 Å². The van der Waals surface area contributed by atoms with Crippen molar-refractivity contribution in [3.63, 3.8) is 0 Å². The maximum absolute atomic E-state index is 13.4. The Morgan fingerprint density at radius 3 is 1.71 bits per heavy atom. The molecule has 3 saturated heterocycles. The second-order valence-corrected chi connectivity index (χ2v) is 22.7. The normalized spacial score (nSPS) is 30.9. The van der Waals surface area contributed by atoms with Crippen molar-refractivity contribution in [3.8, 4) is 0 Å². The Morgan fingerprint density at radius 2 is 1.20 bits per heavy atom. The number of hydrogen-bond acceptors (Lipinski definition) is 20. The minimum Gasteiger partial charge on any atom is -0.477 e. The first-order valence-corrected chi connectivity index (χ1v) is 30.7. The number of allylic oxidation sites excluding steroid dienone is 1. The van der Waals surface area contributed by atoms with Gasteiger partial charge in [-0.25, -0.2) is 4.79 Å². The van der Waals surface area contributed by atoms with Crippen LogP contribution in [0.2, 0.25) is 0 Å². The molecule has 0 aliphatic carbocycles. The number of unbranched alkanes of at least 4 members (excludes halogenated alkanes) is 24. The van der Waals surface area contributed by atoms with Gasteiger partial charge in [-0.1, -0.05) is 180 Å². The molecule has 0 saturated carbocycles. The fourth-order valence-electron chi connectivity index (χ4n) is 10.8. The van der Waals surface area contributed by atoms with E-state index >= 15 is 0 Å². The number of hydrogen-bond donors (Lipinski definition) is 14. The van der Waals surface area contributed by atoms with Crippen molar-refractivity contribution in [3.05, 3.63) is 12.2 Å². The number of amides is 2. The topological polar surface area (TPSA) is 373 Å². The largest absolute Gasteiger partial charge is 0.477 e. The third-order valence-electron chi connectivity index (χ3n) is 15.8. The van der Waals surface area contributed by atoms with E-state index in [9.17, 15) is 75.7 Å². The van der Waals surface area contributed by atoms with Crippen LogP contribution >= 0.6 is 0 Å². The SMILES string of the molecule is [2H]C([2H])([2H])CCCCCCCCCCCCCCCCC(=O)N[C@@H](CO[C@@H]1O[C@H](CO)[C@@H](O[C@@H]2O[C@H](CO)[C@H](O)[C@H](O[C@]3(C(=O)O)C[C@H](O)[C@@H](NC(C)=O)[C@H]([C@H](O)[C@H](O)CO)O3)[C@H]2O)[C@H](O)[C@H]1O)[C@H](O)/C=C/CCCCCCCCCCCCC. The lowest BCUT2D eigenvalue weighted by Gasteiger charge is -2.50. The number of rotatable bonds is 45. The van der Waals surface area contributed by atoms with Crippen molar-refractivity contribution in [2.75, 3.05) is 26.4 Å². The molecule has 3 fully saturated rings. The highest BCUT2D eigenvalue weighted by Crippen LogP contribution is 2.38. The summed E-state index contributed by atoms with van der Waals surface area (Å²) in [5.74, 6) is -6.19. The van der Waals surface area contributed by atoms with E-state index in [1.165, 1.54) is 57.8 Å². The minimum atomic E-state index is -3.09. The molecule has 18 atom stereocenters. The van der Waals surface area contributed by atoms with Crippen LogP contribution in [-0.2, 0) is 42.8 Å². The number of carboxylic acid groups (broad SMARTS) is 1. The molecule has 3 rings (SSSR count). The van der Waals surface area contributed by atoms with Gasteiger partial charge in [0.1, 0.15) is 67.1 Å². The lowest BCUT2D eigenvalue weighted by molar-refractivity contribution is -0.386. The van der Waals surface area contributed by atoms with Crippen molar-refractivity contribution < 1.29 is 108 Å². The van der Waals surface area contributed by atoms with E-state index < -0.39 is 161 Å². The molecule has 0 bridgehead atoms. The van der Waals surface area contributed by atoms with Gasteiger partial charge in [0.15, 0.2) is 12.6 Å². The molecule has 3 heterocycles. The van der Waals surface area contributed by atoms with Crippen LogP contribution in [0.25, 0.3) is 0 Å². The van der Waals surface area contributed by atoms with Crippen LogP contribution in [0.15, 0.2) is 12.2 Å². The van der Waals surface area contributed by atoms with E-state index in [-0.39, 0.29) is 18.7 Å². The summed E-state index contributed by atoms with van der Waals surface area (Å²) in [6, 6.07) is -2.64. The summed E-state index contributed by atoms with van der Waals surface area (Å²) in [6.07, 6.45) is 2.11. The fraction of sp³-hybridized carbons (Fsp3) is 0.915. The maximum atomic E-state index is 13.4. The van der Waals surface area contributed by atoms with Gasteiger partial charge in [-0.15, -0.1) is 0 Å². The Kier molecular flexibility index (Phi) is 34.7. The minimum absolute atomic E-state index is 0.174. The van der Waals surface area contributed by atoms with Crippen LogP contribution in [-0.4, -0.2) is 215 Å². The first-order chi connectivity index (χ1) is 40.5. The maximum Gasteiger partial charge on any atom is 0.364 e. The number of aliphatic carboxylic acids is 1. The van der Waals surface area contributed by atoms with Gasteiger partial charge in [-0.3, -0.25) is 9.59 Å². The van der Waals surface area contributed by atoms with E-state index in [1.54, 1.807) is 6.08 Å². The number of ether oxygens (including phenoxy) is 6. The molecular weight excluding hydrogens is 1070 g/mol. The quantitative estimate of drug-likeness (QED) is 0.0307. The van der Waals surface area contributed by atoms with Gasteiger partial charge in [0.05, 0.1) is 50.7 Å². The van der Waals surface area contributed by atoms with Crippen molar-refractivity contribution >= 4 is 17.8 Å². The van der Waals surface area contributed by atoms with Gasteiger partial charge in [0.2, 0.25) is 11.8 Å². The van der Waals surface area contributed by atoms with Crippen LogP contribution in [0.1, 0.15) is 211 Å². The zero-order chi connectivity index (χ0) is 63.0. The molecule has 0 unspecified atom stereocenters. The molecule has 0 aromatic heterocycles. The second kappa shape index (κ2) is 41.5. The predicted molar refractivity (Wildman–Crippen MR) is 301 cm³/mol. The monoisotopic (exact) mass is 1180 g/mol. The van der Waals surface area contributed by atoms with Crippen LogP contribution in [0.4, 0.5) is 0 Å². The first kappa shape index (κ1) is 68.6. The zero-order valence-corrected chi connectivity index (χ0v) is 48.8. The lowest BCUT2D eigenvalue weighted by atomic mass is 9.88. The summed E-state index contributed by atoms with van der Waals surface area (Å²) < 4.78 is 56.6. The van der Waals surface area contributed by atoms with Crippen LogP contribution in [0.3, 0.4) is 0 Å². The van der Waals surface area contributed by atoms with Gasteiger partial charge in [-0.2, -0.15) is 0 Å². The van der Waals surface area contributed by atoms with E-state index in [2.05, 4.69) is 17.6 Å². The summed E-state index contributed by atoms with van der Waals surface area (Å²) in [7, 11) is 0. The van der Waals surface area contributed by atoms with E-state index in [0.29, 0.717) is 12.8 Å². The number of aliphatic hydroxyl groups excluding tert-OH is 11. The smallest absolute Gasteiger partial charge is 0.364 e. The molecule has 23 nitrogen and oxygen atoms in total. The molecular formula is C59H108N2O21. The summed E-state index contributed by atoms with van der Waals surface area (Å²) >= 11 is 0. The van der Waals surface area contributed by atoms with Gasteiger partial charge in [0, 0.05) is 23.9 Å². The Hall–Kier alpha value is -2.53. The van der Waals surface area contributed by atoms with Gasteiger partial charge < -0.3 is 100 Å². The van der Waals surface area contributed by atoms with Crippen LogP contribution in [0, 0.1) is 0 Å². The van der Waals surface area contributed by atoms with E-state index in [0.717, 1.165) is 103 Å². The third-order valence-corrected chi connectivity index (χ3v) is 15.8. The number of carbonyl (C=O) groups excluding carboxylic acids is 2. The Balaban J connectivity index is 1.64. The molecule has 23 heteroatoms. The number of nitrogens with one attached hydrogen (secondary N) is 2. The van der Waals surface area contributed by atoms with Gasteiger partial charge >= 0.3 is 5.97 Å². The predicted octanol–water partition coefficient (Wildman–Crippen LogP) is 3.17. The summed E-state index contributed by atoms with van der Waals surface area (Å²) in [4.78, 5) is 38.4. The Labute approximate surface area is 490 Å². The third kappa shape index (κ3) is 25.4. The molecule has 82 heavy (non-hydrogen) atoms. The van der Waals surface area contributed by atoms with Gasteiger partial charge in [0.25, 0.3) is 5.79 Å². The highest BCUT2D eigenvalue weighted by Gasteiger charge is 2.60. The zero-order valence-electron chi connectivity index (χ0n) is 51.8. The van der Waals surface area contributed by atoms with Crippen LogP contribution in [0.5, 0.6) is 0 Å². The molecule has 0 spiro atoms. The van der Waals surface area contributed by atoms with E-state index in [4.69, 9.17) is 32.5 Å². The van der Waals surface area contributed by atoms with E-state index in [1.807, 2.05) is 6.08 Å². The molecule has 14 N–H and O–H groups in total. The molecule has 3 aliphatic heterocycles. The van der Waals surface area contributed by atoms with Crippen molar-refractivity contribution in [2.45, 2.75) is 317 Å². The summed E-state index contributed by atoms with van der Waals surface area (Å²) in [5, 5.41) is 135. The van der Waals surface area contributed by atoms with Crippen LogP contribution < -0.4 is 10.6 Å². The molecule has 0 aromatic rings. The molecule has 2 amide bonds. The number of aliphatic hydroxyl groups is 11. The highest BCUT2D eigenvalue weighted by molar-refractivity contribution is 5.77. The number of carbonyl (C=O) groups is 3. The molecule has 480 valence electrons. The first-order valence-electron chi connectivity index (χ1n) is 32.2. The standard InChI is InChI=1S/C59H108N2O21/c1-4-6-8-10-12-14-16-18-19-21-23-25-27-29-31-33-46(69)61-40(41(66)32-30-28-26-24-22-20-17-15-13-11-9-7-5-2)38-77-56-51(73)50(72)53(45(37-64)79-56)80-57-52(74)55(49(71)44(36-63)78-57)82-59(58(75)76)34-42(67)47(60-39(3)65)54(81-59)48(70)43(68)35-62/h30,32,40-45,47-57,62-64,66-68,70-74H,4-29,31,33-38H2,1-3H3,(H,60,65)(H,61,69)(H,75,76)/b32-30+/t40-,41+,42-,43+,44+,45+,47+,48+,49-,50+,51+,52+,53+,54+,55-,56+,57-,59-/m0/s1/i1D3.